The van der Waals surface area contributed by atoms with E-state index in [4.69, 9.17) is 16.3 Å². The molecule has 3 rings (SSSR count). The summed E-state index contributed by atoms with van der Waals surface area (Å²) >= 11 is 6.55. The van der Waals surface area contributed by atoms with E-state index in [0.29, 0.717) is 6.04 Å². The highest BCUT2D eigenvalue weighted by Gasteiger charge is 2.25. The third-order valence-corrected chi connectivity index (χ3v) is 6.25. The summed E-state index contributed by atoms with van der Waals surface area (Å²) in [5, 5.41) is 8.01. The summed E-state index contributed by atoms with van der Waals surface area (Å²) in [6, 6.07) is 8.83. The number of halogens is 1. The number of rotatable bonds is 7. The van der Waals surface area contributed by atoms with Crippen molar-refractivity contribution in [1.29, 1.82) is 0 Å². The van der Waals surface area contributed by atoms with Crippen molar-refractivity contribution in [1.82, 2.24) is 20.4 Å². The molecule has 1 aromatic rings. The number of piperidine rings is 1. The third-order valence-electron chi connectivity index (χ3n) is 5.91. The number of hydrogen-bond donors (Lipinski definition) is 2. The Bertz CT molecular complexity index is 642. The first-order valence-corrected chi connectivity index (χ1v) is 11.3. The number of aliphatic imine (C=N–C) groups is 1. The zero-order valence-corrected chi connectivity index (χ0v) is 18.6. The standard InChI is InChI=1S/C22H36ClN5O/c1-3-10-27-11-8-18(9-12-27)26-22(24-2)25-17-21(28-13-15-29-16-14-28)19-6-4-5-7-20(19)23/h4-7,18,21H,3,8-17H2,1-2H3,(H2,24,25,26). The summed E-state index contributed by atoms with van der Waals surface area (Å²) in [7, 11) is 1.85. The molecule has 0 amide bonds. The van der Waals surface area contributed by atoms with Gasteiger partial charge in [-0.2, -0.15) is 0 Å². The first kappa shape index (κ1) is 22.3. The first-order chi connectivity index (χ1) is 14.2. The molecule has 7 heteroatoms. The summed E-state index contributed by atoms with van der Waals surface area (Å²) in [5.74, 6) is 0.879. The van der Waals surface area contributed by atoms with Crippen molar-refractivity contribution in [3.63, 3.8) is 0 Å². The van der Waals surface area contributed by atoms with Gasteiger partial charge in [-0.15, -0.1) is 0 Å². The molecule has 0 saturated carbocycles. The molecule has 2 aliphatic heterocycles. The zero-order chi connectivity index (χ0) is 20.5. The number of guanidine groups is 1. The predicted molar refractivity (Wildman–Crippen MR) is 121 cm³/mol. The van der Waals surface area contributed by atoms with Crippen LogP contribution < -0.4 is 10.6 Å². The summed E-state index contributed by atoms with van der Waals surface area (Å²) in [6.45, 7) is 9.92. The van der Waals surface area contributed by atoms with Gasteiger partial charge in [0, 0.05) is 50.8 Å². The lowest BCUT2D eigenvalue weighted by atomic mass is 10.0. The number of nitrogens with one attached hydrogen (secondary N) is 2. The maximum atomic E-state index is 6.55. The van der Waals surface area contributed by atoms with Crippen LogP contribution in [0.1, 0.15) is 37.8 Å². The van der Waals surface area contributed by atoms with Crippen molar-refractivity contribution in [2.24, 2.45) is 4.99 Å². The second-order valence-corrected chi connectivity index (χ2v) is 8.31. The van der Waals surface area contributed by atoms with Crippen LogP contribution in [0.15, 0.2) is 29.3 Å². The lowest BCUT2D eigenvalue weighted by molar-refractivity contribution is 0.0170. The van der Waals surface area contributed by atoms with Crippen LogP contribution in [0.25, 0.3) is 0 Å². The molecule has 1 aromatic carbocycles. The van der Waals surface area contributed by atoms with E-state index >= 15 is 0 Å². The molecular formula is C22H36ClN5O. The molecule has 2 heterocycles. The van der Waals surface area contributed by atoms with Crippen molar-refractivity contribution >= 4 is 17.6 Å². The Balaban J connectivity index is 1.58. The molecule has 2 aliphatic rings. The largest absolute Gasteiger partial charge is 0.379 e. The van der Waals surface area contributed by atoms with Crippen LogP contribution in [0.2, 0.25) is 5.02 Å². The van der Waals surface area contributed by atoms with E-state index < -0.39 is 0 Å². The predicted octanol–water partition coefficient (Wildman–Crippen LogP) is 2.75. The van der Waals surface area contributed by atoms with Gasteiger partial charge in [0.2, 0.25) is 0 Å². The third kappa shape index (κ3) is 6.57. The van der Waals surface area contributed by atoms with Gasteiger partial charge in [-0.3, -0.25) is 9.89 Å². The topological polar surface area (TPSA) is 52.1 Å². The van der Waals surface area contributed by atoms with Crippen LogP contribution in [0.5, 0.6) is 0 Å². The number of hydrogen-bond acceptors (Lipinski definition) is 4. The van der Waals surface area contributed by atoms with Gasteiger partial charge in [-0.1, -0.05) is 36.7 Å². The summed E-state index contributed by atoms with van der Waals surface area (Å²) < 4.78 is 5.55. The SMILES string of the molecule is CCCN1CCC(NC(=NC)NCC(c2ccccc2Cl)N2CCOCC2)CC1. The molecule has 162 valence electrons. The van der Waals surface area contributed by atoms with E-state index in [9.17, 15) is 0 Å². The van der Waals surface area contributed by atoms with E-state index in [0.717, 1.165) is 62.2 Å². The van der Waals surface area contributed by atoms with Crippen LogP contribution >= 0.6 is 11.6 Å². The number of benzene rings is 1. The quantitative estimate of drug-likeness (QED) is 0.523. The Hall–Kier alpha value is -1.34. The molecule has 0 aliphatic carbocycles. The molecule has 2 saturated heterocycles. The highest BCUT2D eigenvalue weighted by Crippen LogP contribution is 2.27. The minimum Gasteiger partial charge on any atom is -0.379 e. The Kier molecular flexibility index (Phi) is 9.05. The average Bonchev–Trinajstić information content (AvgIpc) is 2.76. The van der Waals surface area contributed by atoms with Crippen molar-refractivity contribution in [2.75, 3.05) is 59.5 Å². The number of morpholine rings is 1. The van der Waals surface area contributed by atoms with Gasteiger partial charge in [0.1, 0.15) is 0 Å². The smallest absolute Gasteiger partial charge is 0.191 e. The van der Waals surface area contributed by atoms with Gasteiger partial charge in [-0.05, 0) is 37.4 Å². The monoisotopic (exact) mass is 421 g/mol. The van der Waals surface area contributed by atoms with Crippen LogP contribution in [-0.2, 0) is 4.74 Å². The van der Waals surface area contributed by atoms with Gasteiger partial charge in [0.25, 0.3) is 0 Å². The van der Waals surface area contributed by atoms with Crippen LogP contribution in [-0.4, -0.2) is 81.3 Å². The minimum atomic E-state index is 0.192. The molecule has 6 nitrogen and oxygen atoms in total. The summed E-state index contributed by atoms with van der Waals surface area (Å²) in [6.07, 6.45) is 3.56. The van der Waals surface area contributed by atoms with Gasteiger partial charge >= 0.3 is 0 Å². The summed E-state index contributed by atoms with van der Waals surface area (Å²) in [4.78, 5) is 9.48. The van der Waals surface area contributed by atoms with E-state index in [1.807, 2.05) is 19.2 Å². The molecule has 29 heavy (non-hydrogen) atoms. The maximum Gasteiger partial charge on any atom is 0.191 e. The second-order valence-electron chi connectivity index (χ2n) is 7.90. The van der Waals surface area contributed by atoms with E-state index in [1.54, 1.807) is 0 Å². The van der Waals surface area contributed by atoms with Gasteiger partial charge in [0.05, 0.1) is 19.3 Å². The molecule has 2 fully saturated rings. The molecule has 0 aromatic heterocycles. The highest BCUT2D eigenvalue weighted by atomic mass is 35.5. The molecule has 0 bridgehead atoms. The molecule has 1 unspecified atom stereocenters. The fourth-order valence-electron chi connectivity index (χ4n) is 4.27. The molecule has 0 radical (unpaired) electrons. The number of ether oxygens (including phenoxy) is 1. The van der Waals surface area contributed by atoms with Crippen LogP contribution in [0, 0.1) is 0 Å². The lowest BCUT2D eigenvalue weighted by Crippen LogP contribution is -2.51. The number of nitrogens with zero attached hydrogens (tertiary/aromatic N) is 3. The Morgan fingerprint density at radius 1 is 1.21 bits per heavy atom. The Labute approximate surface area is 180 Å². The fraction of sp³-hybridized carbons (Fsp3) is 0.682. The van der Waals surface area contributed by atoms with E-state index in [1.165, 1.54) is 26.1 Å². The first-order valence-electron chi connectivity index (χ1n) is 11.0. The lowest BCUT2D eigenvalue weighted by Gasteiger charge is -2.36. The van der Waals surface area contributed by atoms with Crippen molar-refractivity contribution in [3.8, 4) is 0 Å². The van der Waals surface area contributed by atoms with Gasteiger partial charge < -0.3 is 20.3 Å². The van der Waals surface area contributed by atoms with E-state index in [-0.39, 0.29) is 6.04 Å². The molecular weight excluding hydrogens is 386 g/mol. The molecule has 0 spiro atoms. The minimum absolute atomic E-state index is 0.192. The fourth-order valence-corrected chi connectivity index (χ4v) is 4.53. The van der Waals surface area contributed by atoms with Crippen molar-refractivity contribution < 1.29 is 4.74 Å². The second kappa shape index (κ2) is 11.7. The highest BCUT2D eigenvalue weighted by molar-refractivity contribution is 6.31. The average molecular weight is 422 g/mol. The van der Waals surface area contributed by atoms with Crippen LogP contribution in [0.4, 0.5) is 0 Å². The Morgan fingerprint density at radius 3 is 2.59 bits per heavy atom. The van der Waals surface area contributed by atoms with Gasteiger partial charge in [0.15, 0.2) is 5.96 Å². The Morgan fingerprint density at radius 2 is 1.93 bits per heavy atom. The summed E-state index contributed by atoms with van der Waals surface area (Å²) in [5.41, 5.74) is 1.16. The van der Waals surface area contributed by atoms with Crippen molar-refractivity contribution in [3.05, 3.63) is 34.9 Å². The molecule has 1 atom stereocenters. The van der Waals surface area contributed by atoms with E-state index in [2.05, 4.69) is 44.5 Å². The maximum absolute atomic E-state index is 6.55. The normalized spacial score (nSPS) is 21.1. The van der Waals surface area contributed by atoms with Crippen molar-refractivity contribution in [2.45, 2.75) is 38.3 Å². The van der Waals surface area contributed by atoms with Gasteiger partial charge in [-0.25, -0.2) is 0 Å². The number of likely N-dealkylation sites (tertiary alicyclic amines) is 1. The zero-order valence-electron chi connectivity index (χ0n) is 17.9. The van der Waals surface area contributed by atoms with Crippen LogP contribution in [0.3, 0.4) is 0 Å². The molecule has 2 N–H and O–H groups in total.